The zero-order valence-corrected chi connectivity index (χ0v) is 15.7. The van der Waals surface area contributed by atoms with Gasteiger partial charge in [-0.05, 0) is 47.9 Å². The van der Waals surface area contributed by atoms with Gasteiger partial charge < -0.3 is 5.32 Å². The van der Waals surface area contributed by atoms with Crippen LogP contribution in [0.25, 0.3) is 0 Å². The average Bonchev–Trinajstić information content (AvgIpc) is 3.16. The van der Waals surface area contributed by atoms with Gasteiger partial charge >= 0.3 is 0 Å². The van der Waals surface area contributed by atoms with Crippen molar-refractivity contribution >= 4 is 23.4 Å². The molecule has 3 rings (SSSR count). The third-order valence-electron chi connectivity index (χ3n) is 3.96. The number of hydrogen-bond acceptors (Lipinski definition) is 4. The summed E-state index contributed by atoms with van der Waals surface area (Å²) < 4.78 is 1.64. The second-order valence-electron chi connectivity index (χ2n) is 6.31. The number of aryl methyl sites for hydroxylation is 1. The monoisotopic (exact) mass is 366 g/mol. The van der Waals surface area contributed by atoms with Crippen LogP contribution in [-0.4, -0.2) is 20.7 Å². The van der Waals surface area contributed by atoms with E-state index < -0.39 is 0 Å². The molecule has 0 radical (unpaired) electrons. The number of aromatic nitrogens is 3. The predicted octanol–water partition coefficient (Wildman–Crippen LogP) is 4.58. The van der Waals surface area contributed by atoms with Crippen molar-refractivity contribution in [1.29, 1.82) is 0 Å². The van der Waals surface area contributed by atoms with Crippen LogP contribution in [0.2, 0.25) is 0 Å². The minimum absolute atomic E-state index is 0.0369. The molecule has 1 heterocycles. The highest BCUT2D eigenvalue weighted by Crippen LogP contribution is 2.29. The van der Waals surface area contributed by atoms with Gasteiger partial charge in [-0.25, -0.2) is 4.98 Å². The zero-order valence-electron chi connectivity index (χ0n) is 14.9. The minimum Gasteiger partial charge on any atom is -0.326 e. The number of hydrogen-bond donors (Lipinski definition) is 1. The van der Waals surface area contributed by atoms with Gasteiger partial charge in [0.1, 0.15) is 12.7 Å². The summed E-state index contributed by atoms with van der Waals surface area (Å²) in [4.78, 5) is 18.2. The van der Waals surface area contributed by atoms with Gasteiger partial charge in [0.2, 0.25) is 5.91 Å². The molecule has 0 atom stereocenters. The SMILES string of the molecule is CC(C)c1ccc(Sc2ccc(NC(=O)CCn3cncn3)cc2)cc1. The molecule has 26 heavy (non-hydrogen) atoms. The maximum absolute atomic E-state index is 12.0. The van der Waals surface area contributed by atoms with E-state index in [4.69, 9.17) is 0 Å². The third-order valence-corrected chi connectivity index (χ3v) is 4.97. The minimum atomic E-state index is -0.0369. The summed E-state index contributed by atoms with van der Waals surface area (Å²) in [5.74, 6) is 0.506. The summed E-state index contributed by atoms with van der Waals surface area (Å²) in [6.45, 7) is 4.91. The second-order valence-corrected chi connectivity index (χ2v) is 7.45. The summed E-state index contributed by atoms with van der Waals surface area (Å²) in [6.07, 6.45) is 3.43. The first-order chi connectivity index (χ1) is 12.6. The van der Waals surface area contributed by atoms with Gasteiger partial charge in [0.05, 0.1) is 6.54 Å². The smallest absolute Gasteiger partial charge is 0.226 e. The van der Waals surface area contributed by atoms with Crippen molar-refractivity contribution in [3.63, 3.8) is 0 Å². The number of carbonyl (C=O) groups excluding carboxylic acids is 1. The lowest BCUT2D eigenvalue weighted by Crippen LogP contribution is -2.14. The fourth-order valence-corrected chi connectivity index (χ4v) is 3.27. The Labute approximate surface area is 157 Å². The molecule has 0 aliphatic rings. The molecule has 3 aromatic rings. The Morgan fingerprint density at radius 1 is 1.08 bits per heavy atom. The molecule has 0 aliphatic heterocycles. The van der Waals surface area contributed by atoms with Crippen molar-refractivity contribution in [2.45, 2.75) is 42.5 Å². The van der Waals surface area contributed by atoms with Gasteiger partial charge in [-0.1, -0.05) is 37.7 Å². The number of carbonyl (C=O) groups is 1. The molecule has 0 bridgehead atoms. The molecule has 2 aromatic carbocycles. The highest BCUT2D eigenvalue weighted by Gasteiger charge is 2.05. The van der Waals surface area contributed by atoms with E-state index in [1.807, 2.05) is 24.3 Å². The average molecular weight is 366 g/mol. The lowest BCUT2D eigenvalue weighted by atomic mass is 10.0. The van der Waals surface area contributed by atoms with E-state index in [2.05, 4.69) is 53.5 Å². The van der Waals surface area contributed by atoms with Crippen molar-refractivity contribution in [3.8, 4) is 0 Å². The second kappa shape index (κ2) is 8.67. The number of amides is 1. The molecular formula is C20H22N4OS. The van der Waals surface area contributed by atoms with Crippen molar-refractivity contribution in [2.24, 2.45) is 0 Å². The van der Waals surface area contributed by atoms with Gasteiger partial charge in [0.15, 0.2) is 0 Å². The van der Waals surface area contributed by atoms with Gasteiger partial charge in [-0.15, -0.1) is 0 Å². The Morgan fingerprint density at radius 3 is 2.31 bits per heavy atom. The van der Waals surface area contributed by atoms with Crippen LogP contribution >= 0.6 is 11.8 Å². The fourth-order valence-electron chi connectivity index (χ4n) is 2.45. The van der Waals surface area contributed by atoms with Gasteiger partial charge in [-0.3, -0.25) is 9.48 Å². The first-order valence-electron chi connectivity index (χ1n) is 8.60. The first kappa shape index (κ1) is 18.2. The molecule has 5 nitrogen and oxygen atoms in total. The lowest BCUT2D eigenvalue weighted by Gasteiger charge is -2.08. The summed E-state index contributed by atoms with van der Waals surface area (Å²) in [6, 6.07) is 16.6. The maximum atomic E-state index is 12.0. The van der Waals surface area contributed by atoms with E-state index >= 15 is 0 Å². The number of benzene rings is 2. The summed E-state index contributed by atoms with van der Waals surface area (Å²) in [7, 11) is 0. The Bertz CT molecular complexity index is 827. The van der Waals surface area contributed by atoms with Gasteiger partial charge in [0.25, 0.3) is 0 Å². The van der Waals surface area contributed by atoms with E-state index in [0.29, 0.717) is 18.9 Å². The Balaban J connectivity index is 1.52. The molecule has 134 valence electrons. The van der Waals surface area contributed by atoms with Crippen molar-refractivity contribution in [2.75, 3.05) is 5.32 Å². The first-order valence-corrected chi connectivity index (χ1v) is 9.42. The van der Waals surface area contributed by atoms with Crippen LogP contribution in [0.3, 0.4) is 0 Å². The van der Waals surface area contributed by atoms with Crippen molar-refractivity contribution in [1.82, 2.24) is 14.8 Å². The topological polar surface area (TPSA) is 59.8 Å². The Kier molecular flexibility index (Phi) is 6.07. The summed E-state index contributed by atoms with van der Waals surface area (Å²) >= 11 is 1.71. The highest BCUT2D eigenvalue weighted by atomic mass is 32.2. The largest absolute Gasteiger partial charge is 0.326 e. The lowest BCUT2D eigenvalue weighted by molar-refractivity contribution is -0.116. The molecule has 0 aliphatic carbocycles. The summed E-state index contributed by atoms with van der Waals surface area (Å²) in [5, 5.41) is 6.89. The maximum Gasteiger partial charge on any atom is 0.226 e. The third kappa shape index (κ3) is 5.20. The Morgan fingerprint density at radius 2 is 1.73 bits per heavy atom. The number of nitrogens with zero attached hydrogens (tertiary/aromatic N) is 3. The van der Waals surface area contributed by atoms with Gasteiger partial charge in [0, 0.05) is 21.9 Å². The number of anilines is 1. The number of rotatable bonds is 7. The summed E-state index contributed by atoms with van der Waals surface area (Å²) in [5.41, 5.74) is 2.14. The van der Waals surface area contributed by atoms with E-state index in [-0.39, 0.29) is 5.91 Å². The highest BCUT2D eigenvalue weighted by molar-refractivity contribution is 7.99. The van der Waals surface area contributed by atoms with E-state index in [1.54, 1.807) is 22.8 Å². The van der Waals surface area contributed by atoms with Crippen molar-refractivity contribution < 1.29 is 4.79 Å². The van der Waals surface area contributed by atoms with Crippen LogP contribution in [0, 0.1) is 0 Å². The van der Waals surface area contributed by atoms with Crippen LogP contribution in [0.4, 0.5) is 5.69 Å². The molecule has 0 spiro atoms. The molecule has 1 N–H and O–H groups in total. The van der Waals surface area contributed by atoms with Crippen LogP contribution in [0.1, 0.15) is 31.7 Å². The zero-order chi connectivity index (χ0) is 18.4. The van der Waals surface area contributed by atoms with Crippen LogP contribution < -0.4 is 5.32 Å². The van der Waals surface area contributed by atoms with Crippen LogP contribution in [-0.2, 0) is 11.3 Å². The van der Waals surface area contributed by atoms with Gasteiger partial charge in [-0.2, -0.15) is 5.10 Å². The predicted molar refractivity (Wildman–Crippen MR) is 104 cm³/mol. The normalized spacial score (nSPS) is 10.9. The standard InChI is InChI=1S/C20H22N4OS/c1-15(2)16-3-7-18(8-4-16)26-19-9-5-17(6-10-19)23-20(25)11-12-24-14-21-13-22-24/h3-10,13-15H,11-12H2,1-2H3,(H,23,25). The van der Waals surface area contributed by atoms with Crippen LogP contribution in [0.5, 0.6) is 0 Å². The Hall–Kier alpha value is -2.60. The van der Waals surface area contributed by atoms with E-state index in [1.165, 1.54) is 16.8 Å². The molecule has 0 fully saturated rings. The van der Waals surface area contributed by atoms with Crippen LogP contribution in [0.15, 0.2) is 71.0 Å². The molecule has 6 heteroatoms. The van der Waals surface area contributed by atoms with Crippen molar-refractivity contribution in [3.05, 3.63) is 66.7 Å². The number of nitrogens with one attached hydrogen (secondary N) is 1. The molecule has 0 unspecified atom stereocenters. The molecule has 1 aromatic heterocycles. The molecule has 0 saturated carbocycles. The molecular weight excluding hydrogens is 344 g/mol. The van der Waals surface area contributed by atoms with E-state index in [0.717, 1.165) is 10.6 Å². The quantitative estimate of drug-likeness (QED) is 0.665. The fraction of sp³-hybridized carbons (Fsp3) is 0.250. The van der Waals surface area contributed by atoms with E-state index in [9.17, 15) is 4.79 Å². The molecule has 0 saturated heterocycles. The molecule has 1 amide bonds.